The van der Waals surface area contributed by atoms with Crippen molar-refractivity contribution in [2.24, 2.45) is 0 Å². The second-order valence-corrected chi connectivity index (χ2v) is 2.91. The van der Waals surface area contributed by atoms with Gasteiger partial charge in [-0.1, -0.05) is 0 Å². The Kier molecular flexibility index (Phi) is 2.79. The molecule has 1 fully saturated rings. The molecule has 70 valence electrons. The SMILES string of the molecule is CC1O[C@H](C=O)[C@H](O)[C@H](O)[C@H]1O. The van der Waals surface area contributed by atoms with Gasteiger partial charge in [0.15, 0.2) is 6.29 Å². The number of carbonyl (C=O) groups is 1. The minimum atomic E-state index is -1.34. The van der Waals surface area contributed by atoms with Crippen LogP contribution in [-0.4, -0.2) is 52.1 Å². The number of carbonyl (C=O) groups excluding carboxylic acids is 1. The number of aliphatic hydroxyl groups is 3. The average molecular weight is 176 g/mol. The first-order valence-electron chi connectivity index (χ1n) is 3.73. The number of aliphatic hydroxyl groups excluding tert-OH is 3. The van der Waals surface area contributed by atoms with Crippen molar-refractivity contribution >= 4 is 6.29 Å². The number of aldehydes is 1. The van der Waals surface area contributed by atoms with Gasteiger partial charge in [-0.15, -0.1) is 0 Å². The smallest absolute Gasteiger partial charge is 0.151 e. The standard InChI is InChI=1S/C7H12O5/c1-3-5(9)7(11)6(10)4(2-8)12-3/h2-7,9-11H,1H3/t3?,4-,5+,6+,7-/m1/s1. The van der Waals surface area contributed by atoms with Gasteiger partial charge in [-0.05, 0) is 6.92 Å². The normalized spacial score (nSPS) is 48.8. The van der Waals surface area contributed by atoms with Gasteiger partial charge in [0, 0.05) is 0 Å². The molecule has 0 aliphatic carbocycles. The predicted molar refractivity (Wildman–Crippen MR) is 38.4 cm³/mol. The van der Waals surface area contributed by atoms with Crippen molar-refractivity contribution in [3.05, 3.63) is 0 Å². The van der Waals surface area contributed by atoms with Gasteiger partial charge >= 0.3 is 0 Å². The van der Waals surface area contributed by atoms with E-state index < -0.39 is 30.5 Å². The molecule has 1 rings (SSSR count). The van der Waals surface area contributed by atoms with E-state index in [1.807, 2.05) is 0 Å². The molecule has 1 heterocycles. The van der Waals surface area contributed by atoms with Gasteiger partial charge in [-0.25, -0.2) is 0 Å². The first kappa shape index (κ1) is 9.60. The summed E-state index contributed by atoms with van der Waals surface area (Å²) in [5.41, 5.74) is 0. The van der Waals surface area contributed by atoms with E-state index in [-0.39, 0.29) is 0 Å². The van der Waals surface area contributed by atoms with Crippen LogP contribution >= 0.6 is 0 Å². The minimum absolute atomic E-state index is 0.413. The number of rotatable bonds is 1. The highest BCUT2D eigenvalue weighted by molar-refractivity contribution is 5.57. The molecule has 0 spiro atoms. The van der Waals surface area contributed by atoms with E-state index >= 15 is 0 Å². The number of ether oxygens (including phenoxy) is 1. The molecule has 0 aromatic heterocycles. The molecule has 3 N–H and O–H groups in total. The fraction of sp³-hybridized carbons (Fsp3) is 0.857. The Labute approximate surface area is 69.6 Å². The van der Waals surface area contributed by atoms with Crippen LogP contribution in [0.3, 0.4) is 0 Å². The summed E-state index contributed by atoms with van der Waals surface area (Å²) in [6.07, 6.45) is -5.07. The molecule has 0 saturated carbocycles. The largest absolute Gasteiger partial charge is 0.388 e. The van der Waals surface area contributed by atoms with E-state index in [9.17, 15) is 15.0 Å². The van der Waals surface area contributed by atoms with Gasteiger partial charge in [0.1, 0.15) is 24.4 Å². The van der Waals surface area contributed by atoms with E-state index in [1.54, 1.807) is 0 Å². The van der Waals surface area contributed by atoms with Gasteiger partial charge in [0.05, 0.1) is 6.10 Å². The summed E-state index contributed by atoms with van der Waals surface area (Å²) in [7, 11) is 0. The van der Waals surface area contributed by atoms with E-state index in [2.05, 4.69) is 0 Å². The van der Waals surface area contributed by atoms with Crippen LogP contribution in [0.2, 0.25) is 0 Å². The predicted octanol–water partition coefficient (Wildman–Crippen LogP) is -1.94. The molecule has 5 heteroatoms. The lowest BCUT2D eigenvalue weighted by Crippen LogP contribution is -2.57. The summed E-state index contributed by atoms with van der Waals surface area (Å²) in [4.78, 5) is 10.3. The maximum atomic E-state index is 10.3. The quantitative estimate of drug-likeness (QED) is 0.404. The molecule has 5 atom stereocenters. The zero-order valence-electron chi connectivity index (χ0n) is 6.62. The molecule has 0 aromatic carbocycles. The highest BCUT2D eigenvalue weighted by Crippen LogP contribution is 2.19. The van der Waals surface area contributed by atoms with E-state index in [1.165, 1.54) is 6.92 Å². The van der Waals surface area contributed by atoms with Crippen molar-refractivity contribution in [1.82, 2.24) is 0 Å². The Morgan fingerprint density at radius 2 is 1.75 bits per heavy atom. The van der Waals surface area contributed by atoms with Gasteiger partial charge in [-0.3, -0.25) is 0 Å². The van der Waals surface area contributed by atoms with Crippen molar-refractivity contribution in [2.45, 2.75) is 37.4 Å². The third-order valence-corrected chi connectivity index (χ3v) is 2.02. The molecule has 0 amide bonds. The second kappa shape index (κ2) is 3.49. The van der Waals surface area contributed by atoms with Crippen molar-refractivity contribution in [1.29, 1.82) is 0 Å². The van der Waals surface area contributed by atoms with Crippen LogP contribution in [0.25, 0.3) is 0 Å². The first-order valence-corrected chi connectivity index (χ1v) is 3.73. The monoisotopic (exact) mass is 176 g/mol. The highest BCUT2D eigenvalue weighted by atomic mass is 16.5. The lowest BCUT2D eigenvalue weighted by atomic mass is 9.96. The van der Waals surface area contributed by atoms with Crippen LogP contribution in [0, 0.1) is 0 Å². The zero-order chi connectivity index (χ0) is 9.30. The lowest BCUT2D eigenvalue weighted by molar-refractivity contribution is -0.210. The van der Waals surface area contributed by atoms with E-state index in [4.69, 9.17) is 9.84 Å². The average Bonchev–Trinajstić information content (AvgIpc) is 2.08. The van der Waals surface area contributed by atoms with Crippen LogP contribution in [-0.2, 0) is 9.53 Å². The Morgan fingerprint density at radius 1 is 1.17 bits per heavy atom. The Hall–Kier alpha value is -0.490. The van der Waals surface area contributed by atoms with Crippen molar-refractivity contribution < 1.29 is 24.9 Å². The highest BCUT2D eigenvalue weighted by Gasteiger charge is 2.41. The lowest BCUT2D eigenvalue weighted by Gasteiger charge is -2.36. The zero-order valence-corrected chi connectivity index (χ0v) is 6.62. The molecule has 0 radical (unpaired) electrons. The maximum Gasteiger partial charge on any atom is 0.151 e. The number of hydrogen-bond acceptors (Lipinski definition) is 5. The Morgan fingerprint density at radius 3 is 2.25 bits per heavy atom. The summed E-state index contributed by atoms with van der Waals surface area (Å²) in [5.74, 6) is 0. The van der Waals surface area contributed by atoms with Crippen LogP contribution in [0.15, 0.2) is 0 Å². The van der Waals surface area contributed by atoms with Crippen molar-refractivity contribution in [3.8, 4) is 0 Å². The topological polar surface area (TPSA) is 87.0 Å². The molecular weight excluding hydrogens is 164 g/mol. The third kappa shape index (κ3) is 1.49. The molecule has 1 saturated heterocycles. The van der Waals surface area contributed by atoms with Crippen LogP contribution in [0.4, 0.5) is 0 Å². The summed E-state index contributed by atoms with van der Waals surface area (Å²) >= 11 is 0. The third-order valence-electron chi connectivity index (χ3n) is 2.02. The summed E-state index contributed by atoms with van der Waals surface area (Å²) in [6.45, 7) is 1.52. The summed E-state index contributed by atoms with van der Waals surface area (Å²) in [5, 5.41) is 27.5. The maximum absolute atomic E-state index is 10.3. The van der Waals surface area contributed by atoms with E-state index in [0.29, 0.717) is 6.29 Å². The molecule has 1 aliphatic rings. The van der Waals surface area contributed by atoms with Crippen LogP contribution in [0.1, 0.15) is 6.92 Å². The van der Waals surface area contributed by atoms with Gasteiger partial charge in [0.2, 0.25) is 0 Å². The summed E-state index contributed by atoms with van der Waals surface area (Å²) in [6, 6.07) is 0. The van der Waals surface area contributed by atoms with Gasteiger partial charge in [-0.2, -0.15) is 0 Å². The van der Waals surface area contributed by atoms with Gasteiger partial charge in [0.25, 0.3) is 0 Å². The molecule has 1 aliphatic heterocycles. The molecule has 5 nitrogen and oxygen atoms in total. The fourth-order valence-corrected chi connectivity index (χ4v) is 1.20. The van der Waals surface area contributed by atoms with Crippen molar-refractivity contribution in [2.75, 3.05) is 0 Å². The Balaban J connectivity index is 2.70. The fourth-order valence-electron chi connectivity index (χ4n) is 1.20. The van der Waals surface area contributed by atoms with Crippen molar-refractivity contribution in [3.63, 3.8) is 0 Å². The molecule has 1 unspecified atom stereocenters. The second-order valence-electron chi connectivity index (χ2n) is 2.91. The molecular formula is C7H12O5. The molecule has 12 heavy (non-hydrogen) atoms. The van der Waals surface area contributed by atoms with Crippen LogP contribution in [0.5, 0.6) is 0 Å². The Bertz CT molecular complexity index is 171. The van der Waals surface area contributed by atoms with Gasteiger partial charge < -0.3 is 24.9 Å². The van der Waals surface area contributed by atoms with E-state index in [0.717, 1.165) is 0 Å². The summed E-state index contributed by atoms with van der Waals surface area (Å²) < 4.78 is 4.90. The molecule has 0 bridgehead atoms. The number of hydrogen-bond donors (Lipinski definition) is 3. The first-order chi connectivity index (χ1) is 5.57. The van der Waals surface area contributed by atoms with Crippen LogP contribution < -0.4 is 0 Å². The molecule has 0 aromatic rings. The minimum Gasteiger partial charge on any atom is -0.388 e.